The van der Waals surface area contributed by atoms with E-state index in [1.807, 2.05) is 36.4 Å². The van der Waals surface area contributed by atoms with E-state index in [2.05, 4.69) is 15.6 Å². The van der Waals surface area contributed by atoms with Crippen molar-refractivity contribution in [3.63, 3.8) is 0 Å². The minimum absolute atomic E-state index is 0.170. The third-order valence-electron chi connectivity index (χ3n) is 3.87. The van der Waals surface area contributed by atoms with Crippen molar-refractivity contribution in [1.29, 1.82) is 0 Å². The van der Waals surface area contributed by atoms with Gasteiger partial charge >= 0.3 is 6.03 Å². The lowest BCUT2D eigenvalue weighted by molar-refractivity contribution is -0.117. The zero-order valence-corrected chi connectivity index (χ0v) is 13.6. The second-order valence-corrected chi connectivity index (χ2v) is 6.63. The Hall–Kier alpha value is -2.08. The summed E-state index contributed by atoms with van der Waals surface area (Å²) in [4.78, 5) is 28.1. The average Bonchev–Trinajstić information content (AvgIpc) is 3.05. The van der Waals surface area contributed by atoms with Crippen molar-refractivity contribution in [2.45, 2.75) is 36.8 Å². The maximum Gasteiger partial charge on any atom is 0.321 e. The van der Waals surface area contributed by atoms with Crippen LogP contribution in [0.3, 0.4) is 0 Å². The van der Waals surface area contributed by atoms with Gasteiger partial charge in [-0.1, -0.05) is 48.9 Å². The number of rotatable bonds is 4. The predicted molar refractivity (Wildman–Crippen MR) is 91.4 cm³/mol. The molecule has 6 heteroatoms. The molecule has 2 aromatic rings. The number of nitrogens with zero attached hydrogens (tertiary/aromatic N) is 1. The second kappa shape index (κ2) is 7.46. The van der Waals surface area contributed by atoms with Gasteiger partial charge in [0.15, 0.2) is 0 Å². The van der Waals surface area contributed by atoms with Gasteiger partial charge in [0.2, 0.25) is 5.91 Å². The molecule has 0 aliphatic heterocycles. The molecule has 0 unspecified atom stereocenters. The summed E-state index contributed by atoms with van der Waals surface area (Å²) in [5.41, 5.74) is 0.900. The highest BCUT2D eigenvalue weighted by Gasteiger charge is 2.18. The summed E-state index contributed by atoms with van der Waals surface area (Å²) in [7, 11) is 0. The number of hydrogen-bond donors (Lipinski definition) is 2. The molecule has 1 aromatic heterocycles. The van der Waals surface area contributed by atoms with E-state index in [4.69, 9.17) is 0 Å². The Balaban J connectivity index is 1.48. The molecule has 0 spiro atoms. The molecule has 2 N–H and O–H groups in total. The molecule has 1 aliphatic carbocycles. The van der Waals surface area contributed by atoms with Crippen molar-refractivity contribution in [3.8, 4) is 0 Å². The van der Waals surface area contributed by atoms with Crippen molar-refractivity contribution in [3.05, 3.63) is 36.4 Å². The lowest BCUT2D eigenvalue weighted by Crippen LogP contribution is -2.44. The fourth-order valence-corrected chi connectivity index (χ4v) is 3.40. The van der Waals surface area contributed by atoms with Crippen molar-refractivity contribution >= 4 is 34.6 Å². The lowest BCUT2D eigenvalue weighted by atomic mass is 10.2. The van der Waals surface area contributed by atoms with Crippen LogP contribution in [0.2, 0.25) is 0 Å². The number of imide groups is 1. The molecular formula is C17H19N3O2S. The van der Waals surface area contributed by atoms with E-state index in [1.54, 1.807) is 0 Å². The van der Waals surface area contributed by atoms with Crippen LogP contribution in [-0.4, -0.2) is 28.7 Å². The molecule has 23 heavy (non-hydrogen) atoms. The minimum Gasteiger partial charge on any atom is -0.335 e. The Morgan fingerprint density at radius 3 is 2.74 bits per heavy atom. The number of amides is 3. The molecule has 120 valence electrons. The Bertz CT molecular complexity index is 714. The topological polar surface area (TPSA) is 71.1 Å². The van der Waals surface area contributed by atoms with Gasteiger partial charge in [0, 0.05) is 11.4 Å². The molecule has 1 heterocycles. The number of thioether (sulfide) groups is 1. The Labute approximate surface area is 139 Å². The Morgan fingerprint density at radius 2 is 1.91 bits per heavy atom. The molecule has 3 rings (SSSR count). The molecule has 0 atom stereocenters. The van der Waals surface area contributed by atoms with Crippen LogP contribution in [-0.2, 0) is 4.79 Å². The molecular weight excluding hydrogens is 310 g/mol. The molecule has 3 amide bonds. The van der Waals surface area contributed by atoms with E-state index >= 15 is 0 Å². The van der Waals surface area contributed by atoms with Crippen LogP contribution < -0.4 is 10.6 Å². The third kappa shape index (κ3) is 4.45. The van der Waals surface area contributed by atoms with Crippen LogP contribution in [0.4, 0.5) is 4.79 Å². The molecule has 1 aromatic carbocycles. The fourth-order valence-electron chi connectivity index (χ4n) is 2.72. The van der Waals surface area contributed by atoms with E-state index < -0.39 is 6.03 Å². The van der Waals surface area contributed by atoms with Gasteiger partial charge in [-0.05, 0) is 25.0 Å². The number of fused-ring (bicyclic) bond motifs is 1. The first-order valence-electron chi connectivity index (χ1n) is 7.80. The normalized spacial score (nSPS) is 14.8. The zero-order valence-electron chi connectivity index (χ0n) is 12.7. The first-order valence-corrected chi connectivity index (χ1v) is 8.78. The highest BCUT2D eigenvalue weighted by atomic mass is 32.2. The highest BCUT2D eigenvalue weighted by Crippen LogP contribution is 2.20. The Morgan fingerprint density at radius 1 is 1.13 bits per heavy atom. The summed E-state index contributed by atoms with van der Waals surface area (Å²) in [6.07, 6.45) is 4.28. The average molecular weight is 329 g/mol. The Kier molecular flexibility index (Phi) is 5.12. The smallest absolute Gasteiger partial charge is 0.321 e. The van der Waals surface area contributed by atoms with E-state index in [0.29, 0.717) is 0 Å². The summed E-state index contributed by atoms with van der Waals surface area (Å²) < 4.78 is 0. The maximum absolute atomic E-state index is 11.8. The van der Waals surface area contributed by atoms with Gasteiger partial charge in [-0.15, -0.1) is 0 Å². The van der Waals surface area contributed by atoms with Gasteiger partial charge in [0.05, 0.1) is 16.3 Å². The number of benzene rings is 1. The highest BCUT2D eigenvalue weighted by molar-refractivity contribution is 7.99. The summed E-state index contributed by atoms with van der Waals surface area (Å²) >= 11 is 1.32. The number of carbonyl (C=O) groups is 2. The third-order valence-corrected chi connectivity index (χ3v) is 4.80. The number of urea groups is 1. The van der Waals surface area contributed by atoms with Crippen LogP contribution in [0.15, 0.2) is 41.4 Å². The van der Waals surface area contributed by atoms with Gasteiger partial charge in [0.1, 0.15) is 0 Å². The molecule has 0 saturated heterocycles. The maximum atomic E-state index is 11.8. The van der Waals surface area contributed by atoms with E-state index in [9.17, 15) is 9.59 Å². The van der Waals surface area contributed by atoms with Crippen molar-refractivity contribution < 1.29 is 9.59 Å². The van der Waals surface area contributed by atoms with Crippen LogP contribution in [0.5, 0.6) is 0 Å². The van der Waals surface area contributed by atoms with Gasteiger partial charge in [-0.3, -0.25) is 10.1 Å². The van der Waals surface area contributed by atoms with Crippen LogP contribution in [0.1, 0.15) is 25.7 Å². The summed E-state index contributed by atoms with van der Waals surface area (Å²) in [5.74, 6) is -0.135. The fraction of sp³-hybridized carbons (Fsp3) is 0.353. The second-order valence-electron chi connectivity index (χ2n) is 5.63. The van der Waals surface area contributed by atoms with E-state index in [1.165, 1.54) is 11.8 Å². The molecule has 0 radical (unpaired) electrons. The van der Waals surface area contributed by atoms with Crippen molar-refractivity contribution in [1.82, 2.24) is 15.6 Å². The summed E-state index contributed by atoms with van der Waals surface area (Å²) in [5, 5.41) is 7.05. The van der Waals surface area contributed by atoms with Crippen LogP contribution >= 0.6 is 11.8 Å². The van der Waals surface area contributed by atoms with Gasteiger partial charge < -0.3 is 5.32 Å². The number of hydrogen-bond acceptors (Lipinski definition) is 4. The number of para-hydroxylation sites is 1. The van der Waals surface area contributed by atoms with Crippen LogP contribution in [0, 0.1) is 0 Å². The predicted octanol–water partition coefficient (Wildman–Crippen LogP) is 3.10. The van der Waals surface area contributed by atoms with Gasteiger partial charge in [-0.25, -0.2) is 9.78 Å². The van der Waals surface area contributed by atoms with E-state index in [0.717, 1.165) is 41.6 Å². The molecule has 0 bridgehead atoms. The summed E-state index contributed by atoms with van der Waals surface area (Å²) in [6, 6.07) is 11.5. The zero-order chi connectivity index (χ0) is 16.1. The number of nitrogens with one attached hydrogen (secondary N) is 2. The monoisotopic (exact) mass is 329 g/mol. The first kappa shape index (κ1) is 15.8. The SMILES string of the molecule is O=C(CSc1ccc2ccccc2n1)NC(=O)NC1CCCC1. The number of carbonyl (C=O) groups excluding carboxylic acids is 2. The molecule has 1 aliphatic rings. The lowest BCUT2D eigenvalue weighted by Gasteiger charge is -2.12. The number of pyridine rings is 1. The van der Waals surface area contributed by atoms with Crippen LogP contribution in [0.25, 0.3) is 10.9 Å². The summed E-state index contributed by atoms with van der Waals surface area (Å²) in [6.45, 7) is 0. The van der Waals surface area contributed by atoms with Gasteiger partial charge in [-0.2, -0.15) is 0 Å². The molecule has 1 fully saturated rings. The van der Waals surface area contributed by atoms with Crippen molar-refractivity contribution in [2.75, 3.05) is 5.75 Å². The first-order chi connectivity index (χ1) is 11.2. The molecule has 5 nitrogen and oxygen atoms in total. The standard InChI is InChI=1S/C17H19N3O2S/c21-15(20-17(22)18-13-6-2-3-7-13)11-23-16-10-9-12-5-1-4-8-14(12)19-16/h1,4-5,8-10,13H,2-3,6-7,11H2,(H2,18,20,21,22). The number of aromatic nitrogens is 1. The largest absolute Gasteiger partial charge is 0.335 e. The molecule has 1 saturated carbocycles. The van der Waals surface area contributed by atoms with E-state index in [-0.39, 0.29) is 17.7 Å². The van der Waals surface area contributed by atoms with Gasteiger partial charge in [0.25, 0.3) is 0 Å². The minimum atomic E-state index is -0.394. The quantitative estimate of drug-likeness (QED) is 0.846. The van der Waals surface area contributed by atoms with Crippen molar-refractivity contribution in [2.24, 2.45) is 0 Å².